The molecule has 10 nitrogen and oxygen atoms in total. The van der Waals surface area contributed by atoms with E-state index < -0.39 is 23.5 Å². The fourth-order valence-corrected chi connectivity index (χ4v) is 4.98. The summed E-state index contributed by atoms with van der Waals surface area (Å²) in [4.78, 5) is 38.8. The third-order valence-electron chi connectivity index (χ3n) is 7.41. The molecule has 0 saturated carbocycles. The number of methoxy groups -OCH3 is 2. The van der Waals surface area contributed by atoms with Gasteiger partial charge in [-0.3, -0.25) is 14.4 Å². The standard InChI is InChI=1S/C35H42O10/c1-4-41-33(38)23-26(27(36)15-11-24-13-17-29(31(21-24)39-2)44-34-9-5-7-19-42-34)28(37)16-12-25-14-18-30(32(22-25)40-3)45-35-10-6-8-20-43-35/h11-18,21-22,26,34-35H,4-10,19-20,23H2,1-3H3. The van der Waals surface area contributed by atoms with E-state index in [1.54, 1.807) is 55.5 Å². The maximum atomic E-state index is 13.3. The van der Waals surface area contributed by atoms with Crippen molar-refractivity contribution in [3.8, 4) is 23.0 Å². The fourth-order valence-electron chi connectivity index (χ4n) is 4.98. The summed E-state index contributed by atoms with van der Waals surface area (Å²) >= 11 is 0. The van der Waals surface area contributed by atoms with Gasteiger partial charge in [-0.25, -0.2) is 0 Å². The zero-order valence-electron chi connectivity index (χ0n) is 26.2. The Morgan fingerprint density at radius 3 is 1.64 bits per heavy atom. The molecule has 0 radical (unpaired) electrons. The van der Waals surface area contributed by atoms with Crippen LogP contribution in [0.2, 0.25) is 0 Å². The predicted molar refractivity (Wildman–Crippen MR) is 167 cm³/mol. The van der Waals surface area contributed by atoms with E-state index in [4.69, 9.17) is 33.2 Å². The Balaban J connectivity index is 1.45. The molecule has 45 heavy (non-hydrogen) atoms. The van der Waals surface area contributed by atoms with Gasteiger partial charge in [0.2, 0.25) is 0 Å². The summed E-state index contributed by atoms with van der Waals surface area (Å²) in [5.41, 5.74) is 1.31. The Hall–Kier alpha value is -4.15. The van der Waals surface area contributed by atoms with Gasteiger partial charge in [-0.2, -0.15) is 0 Å². The second kappa shape index (κ2) is 17.4. The van der Waals surface area contributed by atoms with Crippen LogP contribution in [0, 0.1) is 5.92 Å². The first-order chi connectivity index (χ1) is 21.9. The lowest BCUT2D eigenvalue weighted by Gasteiger charge is -2.24. The SMILES string of the molecule is CCOC(=O)CC(C(=O)C=Cc1ccc(OC2CCCCO2)c(OC)c1)C(=O)C=Cc1ccc(OC2CCCCO2)c(OC)c1. The van der Waals surface area contributed by atoms with Crippen LogP contribution in [0.25, 0.3) is 12.2 Å². The van der Waals surface area contributed by atoms with Gasteiger partial charge in [-0.05, 0) is 80.2 Å². The fraction of sp³-hybridized carbons (Fsp3) is 0.457. The number of esters is 1. The van der Waals surface area contributed by atoms with Crippen molar-refractivity contribution in [1.82, 2.24) is 0 Å². The van der Waals surface area contributed by atoms with Gasteiger partial charge in [-0.1, -0.05) is 24.3 Å². The Kier molecular flexibility index (Phi) is 13.0. The molecular formula is C35H42O10. The quantitative estimate of drug-likeness (QED) is 0.134. The maximum Gasteiger partial charge on any atom is 0.306 e. The normalized spacial score (nSPS) is 19.2. The monoisotopic (exact) mass is 622 g/mol. The van der Waals surface area contributed by atoms with Crippen LogP contribution >= 0.6 is 0 Å². The first-order valence-electron chi connectivity index (χ1n) is 15.4. The Labute approximate surface area is 264 Å². The minimum atomic E-state index is -1.25. The van der Waals surface area contributed by atoms with E-state index in [-0.39, 0.29) is 25.6 Å². The van der Waals surface area contributed by atoms with E-state index in [2.05, 4.69) is 0 Å². The van der Waals surface area contributed by atoms with Crippen LogP contribution in [-0.4, -0.2) is 64.2 Å². The van der Waals surface area contributed by atoms with Crippen LogP contribution in [0.15, 0.2) is 48.6 Å². The Morgan fingerprint density at radius 2 is 1.24 bits per heavy atom. The van der Waals surface area contributed by atoms with Crippen molar-refractivity contribution in [2.75, 3.05) is 34.0 Å². The number of benzene rings is 2. The molecular weight excluding hydrogens is 580 g/mol. The van der Waals surface area contributed by atoms with Crippen LogP contribution in [-0.2, 0) is 28.6 Å². The average Bonchev–Trinajstić information content (AvgIpc) is 3.07. The molecule has 0 amide bonds. The van der Waals surface area contributed by atoms with Crippen molar-refractivity contribution in [3.63, 3.8) is 0 Å². The summed E-state index contributed by atoms with van der Waals surface area (Å²) in [5, 5.41) is 0. The van der Waals surface area contributed by atoms with E-state index in [9.17, 15) is 14.4 Å². The topological polar surface area (TPSA) is 116 Å². The molecule has 2 heterocycles. The van der Waals surface area contributed by atoms with E-state index in [1.807, 2.05) is 0 Å². The van der Waals surface area contributed by atoms with Crippen molar-refractivity contribution in [2.45, 2.75) is 64.4 Å². The molecule has 2 saturated heterocycles. The van der Waals surface area contributed by atoms with Gasteiger partial charge < -0.3 is 33.2 Å². The molecule has 10 heteroatoms. The molecule has 2 atom stereocenters. The van der Waals surface area contributed by atoms with Crippen molar-refractivity contribution in [2.24, 2.45) is 5.92 Å². The van der Waals surface area contributed by atoms with Gasteiger partial charge in [0.05, 0.1) is 46.4 Å². The number of carbonyl (C=O) groups is 3. The summed E-state index contributed by atoms with van der Waals surface area (Å²) in [6.07, 6.45) is 10.4. The smallest absolute Gasteiger partial charge is 0.306 e. The van der Waals surface area contributed by atoms with E-state index >= 15 is 0 Å². The molecule has 0 bridgehead atoms. The number of allylic oxidation sites excluding steroid dienone is 2. The number of ketones is 2. The second-order valence-electron chi connectivity index (χ2n) is 10.7. The van der Waals surface area contributed by atoms with Crippen LogP contribution < -0.4 is 18.9 Å². The zero-order chi connectivity index (χ0) is 32.0. The van der Waals surface area contributed by atoms with Gasteiger partial charge in [0.25, 0.3) is 0 Å². The molecule has 2 aliphatic heterocycles. The second-order valence-corrected chi connectivity index (χ2v) is 10.7. The van der Waals surface area contributed by atoms with Gasteiger partial charge >= 0.3 is 5.97 Å². The van der Waals surface area contributed by atoms with Crippen molar-refractivity contribution in [3.05, 3.63) is 59.7 Å². The number of hydrogen-bond donors (Lipinski definition) is 0. The molecule has 2 aliphatic rings. The van der Waals surface area contributed by atoms with Crippen molar-refractivity contribution in [1.29, 1.82) is 0 Å². The lowest BCUT2D eigenvalue weighted by Crippen LogP contribution is -2.25. The average molecular weight is 623 g/mol. The van der Waals surface area contributed by atoms with Crippen LogP contribution in [0.1, 0.15) is 63.0 Å². The number of rotatable bonds is 15. The molecule has 2 unspecified atom stereocenters. The largest absolute Gasteiger partial charge is 0.493 e. The van der Waals surface area contributed by atoms with E-state index in [1.165, 1.54) is 26.4 Å². The first kappa shape index (κ1) is 33.7. The van der Waals surface area contributed by atoms with Crippen molar-refractivity contribution >= 4 is 29.7 Å². The summed E-state index contributed by atoms with van der Waals surface area (Å²) in [5.74, 6) is -0.899. The third-order valence-corrected chi connectivity index (χ3v) is 7.41. The molecule has 242 valence electrons. The Bertz CT molecular complexity index is 1260. The lowest BCUT2D eigenvalue weighted by molar-refractivity contribution is -0.147. The molecule has 2 aromatic carbocycles. The minimum absolute atomic E-state index is 0.139. The molecule has 2 aromatic rings. The van der Waals surface area contributed by atoms with Crippen LogP contribution in [0.3, 0.4) is 0 Å². The molecule has 0 aromatic heterocycles. The first-order valence-corrected chi connectivity index (χ1v) is 15.4. The van der Waals surface area contributed by atoms with Crippen molar-refractivity contribution < 1.29 is 47.5 Å². The minimum Gasteiger partial charge on any atom is -0.493 e. The van der Waals surface area contributed by atoms with Gasteiger partial charge in [-0.15, -0.1) is 0 Å². The number of carbonyl (C=O) groups excluding carboxylic acids is 3. The number of hydrogen-bond acceptors (Lipinski definition) is 10. The molecule has 4 rings (SSSR count). The van der Waals surface area contributed by atoms with Crippen LogP contribution in [0.4, 0.5) is 0 Å². The maximum absolute atomic E-state index is 13.3. The summed E-state index contributed by atoms with van der Waals surface area (Å²) < 4.78 is 39.2. The van der Waals surface area contributed by atoms with Crippen LogP contribution in [0.5, 0.6) is 23.0 Å². The highest BCUT2D eigenvalue weighted by atomic mass is 16.7. The van der Waals surface area contributed by atoms with Gasteiger partial charge in [0.15, 0.2) is 47.1 Å². The molecule has 0 N–H and O–H groups in total. The predicted octanol–water partition coefficient (Wildman–Crippen LogP) is 5.95. The third kappa shape index (κ3) is 10.2. The summed E-state index contributed by atoms with van der Waals surface area (Å²) in [6, 6.07) is 10.5. The molecule has 0 aliphatic carbocycles. The molecule has 0 spiro atoms. The van der Waals surface area contributed by atoms with Gasteiger partial charge in [0.1, 0.15) is 0 Å². The highest BCUT2D eigenvalue weighted by Gasteiger charge is 2.27. The zero-order valence-corrected chi connectivity index (χ0v) is 26.2. The Morgan fingerprint density at radius 1 is 0.756 bits per heavy atom. The number of ether oxygens (including phenoxy) is 7. The highest BCUT2D eigenvalue weighted by molar-refractivity contribution is 6.15. The van der Waals surface area contributed by atoms with E-state index in [0.29, 0.717) is 47.3 Å². The molecule has 2 fully saturated rings. The lowest BCUT2D eigenvalue weighted by atomic mass is 9.93. The van der Waals surface area contributed by atoms with E-state index in [0.717, 1.165) is 38.5 Å². The van der Waals surface area contributed by atoms with Gasteiger partial charge in [0, 0.05) is 12.8 Å². The summed E-state index contributed by atoms with van der Waals surface area (Å²) in [6.45, 7) is 3.11. The highest BCUT2D eigenvalue weighted by Crippen LogP contribution is 2.32. The summed E-state index contributed by atoms with van der Waals surface area (Å²) in [7, 11) is 3.06.